The summed E-state index contributed by atoms with van der Waals surface area (Å²) in [5.74, 6) is -0.191. The fourth-order valence-corrected chi connectivity index (χ4v) is 2.26. The van der Waals surface area contributed by atoms with Crippen LogP contribution >= 0.6 is 0 Å². The van der Waals surface area contributed by atoms with E-state index in [1.54, 1.807) is 12.1 Å². The number of carbonyl (C=O) groups is 1. The Labute approximate surface area is 159 Å². The number of ether oxygens (including phenoxy) is 2. The smallest absolute Gasteiger partial charge is 0.260 e. The Morgan fingerprint density at radius 1 is 1.25 bits per heavy atom. The molecule has 3 rings (SSSR count). The summed E-state index contributed by atoms with van der Waals surface area (Å²) in [7, 11) is 1.50. The summed E-state index contributed by atoms with van der Waals surface area (Å²) in [5.41, 5.74) is -0.297. The lowest BCUT2D eigenvalue weighted by atomic mass is 10.2. The molecule has 3 aromatic rings. The predicted molar refractivity (Wildman–Crippen MR) is 99.6 cm³/mol. The average Bonchev–Trinajstić information content (AvgIpc) is 2.69. The molecular weight excluding hydrogens is 367 g/mol. The summed E-state index contributed by atoms with van der Waals surface area (Å²) < 4.78 is 24.9. The molecule has 0 saturated heterocycles. The van der Waals surface area contributed by atoms with E-state index in [1.165, 1.54) is 31.8 Å². The van der Waals surface area contributed by atoms with E-state index in [1.807, 2.05) is 0 Å². The standard InChI is InChI=1S/C18H15FN6O3.H2/c1-27-12-2-3-16(23-8-12)24-18(26)15-5-14(9-25(10-20)17(15)21)28-13-4-11(19)6-22-7-13;/h2-10,20-21H,1H3,(H,23,24,26);1H. The van der Waals surface area contributed by atoms with Crippen LogP contribution in [0, 0.1) is 16.6 Å². The number of nitrogens with zero attached hydrogens (tertiary/aromatic N) is 3. The van der Waals surface area contributed by atoms with E-state index in [-0.39, 0.29) is 29.8 Å². The van der Waals surface area contributed by atoms with Crippen molar-refractivity contribution in [2.24, 2.45) is 0 Å². The van der Waals surface area contributed by atoms with Gasteiger partial charge >= 0.3 is 0 Å². The van der Waals surface area contributed by atoms with E-state index in [9.17, 15) is 9.18 Å². The fourth-order valence-electron chi connectivity index (χ4n) is 2.26. The van der Waals surface area contributed by atoms with Gasteiger partial charge in [-0.25, -0.2) is 9.37 Å². The van der Waals surface area contributed by atoms with Crippen molar-refractivity contribution in [2.45, 2.75) is 0 Å². The minimum absolute atomic E-state index is 0. The lowest BCUT2D eigenvalue weighted by Crippen LogP contribution is -2.29. The maximum atomic E-state index is 13.3. The molecular formula is C18H17FN6O3. The van der Waals surface area contributed by atoms with Gasteiger partial charge < -0.3 is 14.8 Å². The van der Waals surface area contributed by atoms with Gasteiger partial charge in [0.15, 0.2) is 0 Å². The highest BCUT2D eigenvalue weighted by molar-refractivity contribution is 6.03. The highest BCUT2D eigenvalue weighted by Gasteiger charge is 2.14. The minimum Gasteiger partial charge on any atom is -0.495 e. The zero-order valence-corrected chi connectivity index (χ0v) is 14.6. The number of hydrogen-bond acceptors (Lipinski definition) is 7. The maximum absolute atomic E-state index is 13.3. The van der Waals surface area contributed by atoms with E-state index in [0.717, 1.165) is 23.2 Å². The first-order valence-electron chi connectivity index (χ1n) is 7.91. The van der Waals surface area contributed by atoms with Crippen LogP contribution in [-0.4, -0.2) is 33.9 Å². The molecule has 0 unspecified atom stereocenters. The van der Waals surface area contributed by atoms with Gasteiger partial charge in [-0.05, 0) is 18.2 Å². The summed E-state index contributed by atoms with van der Waals surface area (Å²) in [6.07, 6.45) is 5.93. The molecule has 0 aliphatic carbocycles. The normalized spacial score (nSPS) is 10.2. The van der Waals surface area contributed by atoms with E-state index in [4.69, 9.17) is 20.3 Å². The Bertz CT molecular complexity index is 1090. The van der Waals surface area contributed by atoms with Crippen LogP contribution in [-0.2, 0) is 0 Å². The van der Waals surface area contributed by atoms with E-state index < -0.39 is 11.7 Å². The second-order valence-corrected chi connectivity index (χ2v) is 5.45. The Kier molecular flexibility index (Phi) is 5.40. The van der Waals surface area contributed by atoms with E-state index in [2.05, 4.69) is 15.3 Å². The van der Waals surface area contributed by atoms with Gasteiger partial charge in [0.2, 0.25) is 0 Å². The zero-order chi connectivity index (χ0) is 20.1. The topological polar surface area (TPSA) is 126 Å². The molecule has 10 heteroatoms. The monoisotopic (exact) mass is 384 g/mol. The molecule has 28 heavy (non-hydrogen) atoms. The maximum Gasteiger partial charge on any atom is 0.260 e. The molecule has 0 atom stereocenters. The third-order valence-corrected chi connectivity index (χ3v) is 3.58. The van der Waals surface area contributed by atoms with Crippen LogP contribution in [0.1, 0.15) is 11.8 Å². The fraction of sp³-hybridized carbons (Fsp3) is 0.0556. The first-order chi connectivity index (χ1) is 13.5. The number of methoxy groups -OCH3 is 1. The molecule has 3 N–H and O–H groups in total. The Hall–Kier alpha value is -4.08. The molecule has 0 saturated carbocycles. The molecule has 3 heterocycles. The van der Waals surface area contributed by atoms with E-state index in [0.29, 0.717) is 5.75 Å². The lowest BCUT2D eigenvalue weighted by molar-refractivity contribution is 0.102. The first-order valence-corrected chi connectivity index (χ1v) is 7.91. The van der Waals surface area contributed by atoms with Crippen molar-refractivity contribution in [1.82, 2.24) is 14.5 Å². The number of halogens is 1. The molecule has 1 amide bonds. The van der Waals surface area contributed by atoms with Gasteiger partial charge in [0.05, 0.1) is 43.8 Å². The van der Waals surface area contributed by atoms with Gasteiger partial charge in [0.25, 0.3) is 5.91 Å². The SMILES string of the molecule is COc1ccc(NC(=O)c2cc(Oc3cncc(F)c3)cn(C=N)c2=N)nc1.[HH]. The van der Waals surface area contributed by atoms with Crippen molar-refractivity contribution in [1.29, 1.82) is 10.8 Å². The van der Waals surface area contributed by atoms with Gasteiger partial charge in [0, 0.05) is 7.49 Å². The number of nitrogens with one attached hydrogen (secondary N) is 3. The average molecular weight is 384 g/mol. The molecule has 0 fully saturated rings. The van der Waals surface area contributed by atoms with Crippen LogP contribution in [0.4, 0.5) is 10.2 Å². The number of hydrogen-bond donors (Lipinski definition) is 3. The van der Waals surface area contributed by atoms with Gasteiger partial charge in [-0.1, -0.05) is 0 Å². The highest BCUT2D eigenvalue weighted by atomic mass is 19.1. The Morgan fingerprint density at radius 2 is 2.07 bits per heavy atom. The summed E-state index contributed by atoms with van der Waals surface area (Å²) >= 11 is 0. The van der Waals surface area contributed by atoms with Crippen LogP contribution in [0.3, 0.4) is 0 Å². The van der Waals surface area contributed by atoms with Crippen molar-refractivity contribution in [3.8, 4) is 17.2 Å². The number of carbonyl (C=O) groups excluding carboxylic acids is 1. The molecule has 0 bridgehead atoms. The van der Waals surface area contributed by atoms with Crippen LogP contribution in [0.2, 0.25) is 0 Å². The van der Waals surface area contributed by atoms with Gasteiger partial charge in [-0.2, -0.15) is 0 Å². The van der Waals surface area contributed by atoms with Crippen molar-refractivity contribution >= 4 is 18.1 Å². The molecule has 3 aromatic heterocycles. The number of aromatic nitrogens is 3. The number of pyridine rings is 3. The second kappa shape index (κ2) is 8.08. The summed E-state index contributed by atoms with van der Waals surface area (Å²) in [4.78, 5) is 20.3. The molecule has 0 aliphatic heterocycles. The van der Waals surface area contributed by atoms with Crippen LogP contribution < -0.4 is 20.3 Å². The highest BCUT2D eigenvalue weighted by Crippen LogP contribution is 2.21. The van der Waals surface area contributed by atoms with Crippen LogP contribution in [0.25, 0.3) is 0 Å². The molecule has 0 spiro atoms. The van der Waals surface area contributed by atoms with Crippen LogP contribution in [0.15, 0.2) is 49.1 Å². The Morgan fingerprint density at radius 3 is 2.71 bits per heavy atom. The summed E-state index contributed by atoms with van der Waals surface area (Å²) in [5, 5.41) is 18.1. The second-order valence-electron chi connectivity index (χ2n) is 5.45. The third-order valence-electron chi connectivity index (χ3n) is 3.58. The lowest BCUT2D eigenvalue weighted by Gasteiger charge is -2.11. The zero-order valence-electron chi connectivity index (χ0n) is 14.6. The van der Waals surface area contributed by atoms with Gasteiger partial charge in [-0.3, -0.25) is 25.2 Å². The minimum atomic E-state index is -0.624. The van der Waals surface area contributed by atoms with Crippen molar-refractivity contribution in [3.63, 3.8) is 0 Å². The molecule has 0 radical (unpaired) electrons. The third kappa shape index (κ3) is 4.18. The quantitative estimate of drug-likeness (QED) is 0.445. The molecule has 144 valence electrons. The summed E-state index contributed by atoms with van der Waals surface area (Å²) in [6, 6.07) is 5.60. The largest absolute Gasteiger partial charge is 0.495 e. The summed E-state index contributed by atoms with van der Waals surface area (Å²) in [6.45, 7) is 0. The van der Waals surface area contributed by atoms with Gasteiger partial charge in [0.1, 0.15) is 34.4 Å². The van der Waals surface area contributed by atoms with Crippen molar-refractivity contribution in [2.75, 3.05) is 12.4 Å². The number of amides is 1. The van der Waals surface area contributed by atoms with Crippen molar-refractivity contribution < 1.29 is 20.1 Å². The van der Waals surface area contributed by atoms with Crippen LogP contribution in [0.5, 0.6) is 17.2 Å². The number of anilines is 1. The first kappa shape index (κ1) is 18.7. The predicted octanol–water partition coefficient (Wildman–Crippen LogP) is 2.65. The van der Waals surface area contributed by atoms with Gasteiger partial charge in [-0.15, -0.1) is 0 Å². The number of rotatable bonds is 6. The van der Waals surface area contributed by atoms with E-state index >= 15 is 0 Å². The van der Waals surface area contributed by atoms with Crippen molar-refractivity contribution in [3.05, 3.63) is 65.9 Å². The Balaban J connectivity index is 0.00000300. The molecule has 9 nitrogen and oxygen atoms in total. The molecule has 0 aromatic carbocycles. The molecule has 0 aliphatic rings.